The third-order valence-corrected chi connectivity index (χ3v) is 5.32. The third-order valence-electron chi connectivity index (χ3n) is 5.32. The van der Waals surface area contributed by atoms with Crippen LogP contribution in [0, 0.1) is 5.92 Å². The lowest BCUT2D eigenvalue weighted by atomic mass is 9.93. The first kappa shape index (κ1) is 15.4. The van der Waals surface area contributed by atoms with E-state index in [4.69, 9.17) is 0 Å². The number of nitrogens with one attached hydrogen (secondary N) is 2. The quantitative estimate of drug-likeness (QED) is 0.763. The van der Waals surface area contributed by atoms with Gasteiger partial charge < -0.3 is 10.6 Å². The predicted molar refractivity (Wildman–Crippen MR) is 98.1 cm³/mol. The van der Waals surface area contributed by atoms with Crippen molar-refractivity contribution in [2.24, 2.45) is 5.92 Å². The topological polar surface area (TPSA) is 41.1 Å². The van der Waals surface area contributed by atoms with Gasteiger partial charge in [-0.3, -0.25) is 4.79 Å². The normalized spacial score (nSPS) is 16.5. The van der Waals surface area contributed by atoms with Crippen LogP contribution in [0.1, 0.15) is 36.8 Å². The molecule has 0 aromatic heterocycles. The maximum absolute atomic E-state index is 12.2. The van der Waals surface area contributed by atoms with Crippen LogP contribution >= 0.6 is 0 Å². The number of amides is 1. The van der Waals surface area contributed by atoms with Gasteiger partial charge in [0.25, 0.3) is 0 Å². The molecule has 0 bridgehead atoms. The van der Waals surface area contributed by atoms with Gasteiger partial charge in [-0.25, -0.2) is 0 Å². The summed E-state index contributed by atoms with van der Waals surface area (Å²) in [6.07, 6.45) is 4.99. The number of piperidine rings is 1. The number of fused-ring (bicyclic) bond motifs is 3. The van der Waals surface area contributed by atoms with Gasteiger partial charge in [0.05, 0.1) is 0 Å². The second-order valence-corrected chi connectivity index (χ2v) is 6.99. The fraction of sp³-hybridized carbons (Fsp3) is 0.381. The molecule has 4 rings (SSSR count). The summed E-state index contributed by atoms with van der Waals surface area (Å²) < 4.78 is 0. The highest BCUT2D eigenvalue weighted by Crippen LogP contribution is 2.37. The van der Waals surface area contributed by atoms with Crippen LogP contribution in [0.3, 0.4) is 0 Å². The van der Waals surface area contributed by atoms with E-state index < -0.39 is 0 Å². The van der Waals surface area contributed by atoms with Gasteiger partial charge in [0, 0.05) is 12.1 Å². The number of carbonyl (C=O) groups is 1. The summed E-state index contributed by atoms with van der Waals surface area (Å²) in [5.41, 5.74) is 6.25. The smallest absolute Gasteiger partial charge is 0.224 e. The van der Waals surface area contributed by atoms with Crippen molar-refractivity contribution in [3.63, 3.8) is 0 Å². The maximum atomic E-state index is 12.2. The average Bonchev–Trinajstić information content (AvgIpc) is 2.98. The van der Waals surface area contributed by atoms with Crippen LogP contribution in [0.4, 0.5) is 5.69 Å². The number of anilines is 1. The second-order valence-electron chi connectivity index (χ2n) is 6.99. The molecule has 0 atom stereocenters. The molecule has 0 spiro atoms. The molecule has 124 valence electrons. The van der Waals surface area contributed by atoms with Crippen molar-refractivity contribution >= 4 is 11.6 Å². The second kappa shape index (κ2) is 6.78. The molecule has 2 aromatic rings. The SMILES string of the molecule is O=C(CCC1CCNCC1)Nc1ccc2c(c1)Cc1ccccc1-2. The summed E-state index contributed by atoms with van der Waals surface area (Å²) >= 11 is 0. The van der Waals surface area contributed by atoms with Crippen molar-refractivity contribution in [1.82, 2.24) is 5.32 Å². The van der Waals surface area contributed by atoms with Crippen LogP contribution in [0.2, 0.25) is 0 Å². The molecule has 2 aliphatic rings. The molecule has 1 fully saturated rings. The molecular weight excluding hydrogens is 296 g/mol. The Kier molecular flexibility index (Phi) is 4.35. The molecule has 0 unspecified atom stereocenters. The van der Waals surface area contributed by atoms with Crippen molar-refractivity contribution in [3.05, 3.63) is 53.6 Å². The third kappa shape index (κ3) is 3.22. The fourth-order valence-electron chi connectivity index (χ4n) is 3.95. The largest absolute Gasteiger partial charge is 0.326 e. The van der Waals surface area contributed by atoms with Gasteiger partial charge in [0.2, 0.25) is 5.91 Å². The van der Waals surface area contributed by atoms with Gasteiger partial charge in [0.15, 0.2) is 0 Å². The Hall–Kier alpha value is -2.13. The molecule has 1 aliphatic heterocycles. The van der Waals surface area contributed by atoms with E-state index in [9.17, 15) is 4.79 Å². The molecular formula is C21H24N2O. The Morgan fingerprint density at radius 1 is 1.04 bits per heavy atom. The van der Waals surface area contributed by atoms with Gasteiger partial charge in [-0.2, -0.15) is 0 Å². The van der Waals surface area contributed by atoms with Crippen LogP contribution in [0.5, 0.6) is 0 Å². The van der Waals surface area contributed by atoms with Crippen LogP contribution in [-0.2, 0) is 11.2 Å². The summed E-state index contributed by atoms with van der Waals surface area (Å²) in [6, 6.07) is 14.9. The van der Waals surface area contributed by atoms with Crippen LogP contribution in [0.25, 0.3) is 11.1 Å². The standard InChI is InChI=1S/C21H24N2O/c24-21(8-5-15-9-11-22-12-10-15)23-18-6-7-20-17(14-18)13-16-3-1-2-4-19(16)20/h1-4,6-7,14-15,22H,5,8-13H2,(H,23,24). The number of hydrogen-bond acceptors (Lipinski definition) is 2. The zero-order valence-corrected chi connectivity index (χ0v) is 14.0. The van der Waals surface area contributed by atoms with Crippen molar-refractivity contribution in [2.75, 3.05) is 18.4 Å². The van der Waals surface area contributed by atoms with Crippen molar-refractivity contribution in [1.29, 1.82) is 0 Å². The number of rotatable bonds is 4. The monoisotopic (exact) mass is 320 g/mol. The van der Waals surface area contributed by atoms with E-state index in [1.165, 1.54) is 35.1 Å². The summed E-state index contributed by atoms with van der Waals surface area (Å²) in [5, 5.41) is 6.46. The minimum Gasteiger partial charge on any atom is -0.326 e. The van der Waals surface area contributed by atoms with E-state index in [-0.39, 0.29) is 5.91 Å². The van der Waals surface area contributed by atoms with E-state index in [0.717, 1.165) is 31.6 Å². The molecule has 0 radical (unpaired) electrons. The Morgan fingerprint density at radius 3 is 2.71 bits per heavy atom. The summed E-state index contributed by atoms with van der Waals surface area (Å²) in [6.45, 7) is 2.19. The molecule has 1 saturated heterocycles. The maximum Gasteiger partial charge on any atom is 0.224 e. The minimum atomic E-state index is 0.143. The molecule has 2 aromatic carbocycles. The van der Waals surface area contributed by atoms with E-state index in [2.05, 4.69) is 47.0 Å². The zero-order chi connectivity index (χ0) is 16.4. The Morgan fingerprint density at radius 2 is 1.83 bits per heavy atom. The Balaban J connectivity index is 1.37. The first-order valence-corrected chi connectivity index (χ1v) is 9.01. The summed E-state index contributed by atoms with van der Waals surface area (Å²) in [4.78, 5) is 12.2. The molecule has 1 amide bonds. The Labute approximate surface area is 143 Å². The highest BCUT2D eigenvalue weighted by atomic mass is 16.1. The van der Waals surface area contributed by atoms with Gasteiger partial charge >= 0.3 is 0 Å². The Bertz CT molecular complexity index is 747. The zero-order valence-electron chi connectivity index (χ0n) is 14.0. The molecule has 24 heavy (non-hydrogen) atoms. The summed E-state index contributed by atoms with van der Waals surface area (Å²) in [5.74, 6) is 0.843. The van der Waals surface area contributed by atoms with Gasteiger partial charge in [-0.05, 0) is 79.1 Å². The minimum absolute atomic E-state index is 0.143. The molecule has 3 heteroatoms. The lowest BCUT2D eigenvalue weighted by Crippen LogP contribution is -2.28. The van der Waals surface area contributed by atoms with Gasteiger partial charge in [-0.15, -0.1) is 0 Å². The van der Waals surface area contributed by atoms with E-state index in [1.54, 1.807) is 0 Å². The molecule has 1 aliphatic carbocycles. The lowest BCUT2D eigenvalue weighted by Gasteiger charge is -2.22. The number of carbonyl (C=O) groups excluding carboxylic acids is 1. The fourth-order valence-corrected chi connectivity index (χ4v) is 3.95. The lowest BCUT2D eigenvalue weighted by molar-refractivity contribution is -0.116. The van der Waals surface area contributed by atoms with Crippen molar-refractivity contribution in [3.8, 4) is 11.1 Å². The van der Waals surface area contributed by atoms with E-state index in [1.807, 2.05) is 6.07 Å². The van der Waals surface area contributed by atoms with Gasteiger partial charge in [-0.1, -0.05) is 30.3 Å². The molecule has 1 heterocycles. The number of benzene rings is 2. The van der Waals surface area contributed by atoms with Crippen molar-refractivity contribution in [2.45, 2.75) is 32.1 Å². The number of hydrogen-bond donors (Lipinski definition) is 2. The van der Waals surface area contributed by atoms with E-state index in [0.29, 0.717) is 12.3 Å². The first-order chi connectivity index (χ1) is 11.8. The molecule has 0 saturated carbocycles. The average molecular weight is 320 g/mol. The highest BCUT2D eigenvalue weighted by molar-refractivity contribution is 5.91. The first-order valence-electron chi connectivity index (χ1n) is 9.01. The van der Waals surface area contributed by atoms with Crippen LogP contribution in [0.15, 0.2) is 42.5 Å². The molecule has 2 N–H and O–H groups in total. The summed E-state index contributed by atoms with van der Waals surface area (Å²) in [7, 11) is 0. The van der Waals surface area contributed by atoms with Crippen LogP contribution < -0.4 is 10.6 Å². The van der Waals surface area contributed by atoms with Crippen LogP contribution in [-0.4, -0.2) is 19.0 Å². The molecule has 3 nitrogen and oxygen atoms in total. The highest BCUT2D eigenvalue weighted by Gasteiger charge is 2.18. The van der Waals surface area contributed by atoms with Crippen molar-refractivity contribution < 1.29 is 4.79 Å². The van der Waals surface area contributed by atoms with Gasteiger partial charge in [0.1, 0.15) is 0 Å². The predicted octanol–water partition coefficient (Wildman–Crippen LogP) is 3.98. The van der Waals surface area contributed by atoms with E-state index >= 15 is 0 Å².